The highest BCUT2D eigenvalue weighted by Gasteiger charge is 2.15. The van der Waals surface area contributed by atoms with Crippen LogP contribution in [0.5, 0.6) is 0 Å². The maximum Gasteiger partial charge on any atom is 0.407 e. The largest absolute Gasteiger partial charge is 0.444 e. The van der Waals surface area contributed by atoms with E-state index >= 15 is 0 Å². The Hall–Kier alpha value is -1.51. The van der Waals surface area contributed by atoms with Crippen LogP contribution in [0.1, 0.15) is 39.2 Å². The molecule has 0 radical (unpaired) electrons. The first kappa shape index (κ1) is 23.5. The molecular weight excluding hydrogens is 431 g/mol. The predicted molar refractivity (Wildman–Crippen MR) is 114 cm³/mol. The molecule has 0 unspecified atom stereocenters. The number of guanidine groups is 1. The number of amides is 1. The number of rotatable bonds is 8. The Bertz CT molecular complexity index is 516. The van der Waals surface area contributed by atoms with Crippen molar-refractivity contribution in [2.75, 3.05) is 19.6 Å². The summed E-state index contributed by atoms with van der Waals surface area (Å²) in [5, 5.41) is 5.83. The molecule has 0 aliphatic rings. The molecule has 1 aromatic carbocycles. The minimum atomic E-state index is -0.464. The number of hydrogen-bond acceptors (Lipinski definition) is 3. The van der Waals surface area contributed by atoms with E-state index in [0.717, 1.165) is 25.8 Å². The average Bonchev–Trinajstić information content (AvgIpc) is 2.50. The fourth-order valence-corrected chi connectivity index (χ4v) is 1.98. The van der Waals surface area contributed by atoms with Crippen molar-refractivity contribution in [2.24, 2.45) is 10.7 Å². The van der Waals surface area contributed by atoms with E-state index in [-0.39, 0.29) is 30.1 Å². The fraction of sp³-hybridized carbons (Fsp3) is 0.556. The number of carbonyl (C=O) groups is 1. The third kappa shape index (κ3) is 13.5. The lowest BCUT2D eigenvalue weighted by atomic mass is 10.1. The van der Waals surface area contributed by atoms with Gasteiger partial charge in [0.15, 0.2) is 5.96 Å². The first-order chi connectivity index (χ1) is 11.4. The molecule has 0 spiro atoms. The van der Waals surface area contributed by atoms with E-state index in [1.54, 1.807) is 0 Å². The van der Waals surface area contributed by atoms with Gasteiger partial charge < -0.3 is 21.1 Å². The molecule has 142 valence electrons. The second-order valence-corrected chi connectivity index (χ2v) is 6.57. The summed E-state index contributed by atoms with van der Waals surface area (Å²) in [5.74, 6) is 0.464. The second-order valence-electron chi connectivity index (χ2n) is 6.57. The van der Waals surface area contributed by atoms with Gasteiger partial charge in [-0.1, -0.05) is 30.3 Å². The number of nitrogens with one attached hydrogen (secondary N) is 2. The minimum absolute atomic E-state index is 0. The lowest BCUT2D eigenvalue weighted by Gasteiger charge is -2.19. The first-order valence-electron chi connectivity index (χ1n) is 8.41. The van der Waals surface area contributed by atoms with Gasteiger partial charge in [-0.25, -0.2) is 4.79 Å². The van der Waals surface area contributed by atoms with Gasteiger partial charge in [0.2, 0.25) is 0 Å². The van der Waals surface area contributed by atoms with Gasteiger partial charge in [0.1, 0.15) is 5.60 Å². The van der Waals surface area contributed by atoms with Crippen LogP contribution in [-0.2, 0) is 11.2 Å². The van der Waals surface area contributed by atoms with Crippen molar-refractivity contribution in [3.63, 3.8) is 0 Å². The number of ether oxygens (including phenoxy) is 1. The molecule has 0 saturated carbocycles. The molecule has 0 atom stereocenters. The van der Waals surface area contributed by atoms with Gasteiger partial charge in [-0.15, -0.1) is 24.0 Å². The van der Waals surface area contributed by atoms with Crippen LogP contribution < -0.4 is 16.4 Å². The summed E-state index contributed by atoms with van der Waals surface area (Å²) >= 11 is 0. The third-order valence-corrected chi connectivity index (χ3v) is 3.10. The fourth-order valence-electron chi connectivity index (χ4n) is 1.98. The molecule has 1 rings (SSSR count). The Labute approximate surface area is 168 Å². The van der Waals surface area contributed by atoms with Gasteiger partial charge in [0, 0.05) is 19.6 Å². The molecule has 0 aliphatic heterocycles. The van der Waals surface area contributed by atoms with E-state index in [1.165, 1.54) is 5.56 Å². The molecule has 1 aromatic rings. The molecule has 4 N–H and O–H groups in total. The Morgan fingerprint density at radius 3 is 2.44 bits per heavy atom. The minimum Gasteiger partial charge on any atom is -0.444 e. The maximum atomic E-state index is 11.4. The molecule has 6 nitrogen and oxygen atoms in total. The molecule has 0 aromatic heterocycles. The van der Waals surface area contributed by atoms with Crippen LogP contribution in [0, 0.1) is 0 Å². The summed E-state index contributed by atoms with van der Waals surface area (Å²) < 4.78 is 5.16. The molecule has 0 aliphatic carbocycles. The number of unbranched alkanes of at least 4 members (excludes halogenated alkanes) is 1. The van der Waals surface area contributed by atoms with Gasteiger partial charge in [-0.3, -0.25) is 4.99 Å². The highest BCUT2D eigenvalue weighted by atomic mass is 127. The maximum absolute atomic E-state index is 11.4. The average molecular weight is 462 g/mol. The number of alkyl carbamates (subject to hydrolysis) is 1. The van der Waals surface area contributed by atoms with E-state index in [0.29, 0.717) is 19.0 Å². The molecule has 1 amide bonds. The van der Waals surface area contributed by atoms with Crippen molar-refractivity contribution in [1.29, 1.82) is 0 Å². The van der Waals surface area contributed by atoms with E-state index < -0.39 is 5.60 Å². The van der Waals surface area contributed by atoms with Crippen molar-refractivity contribution >= 4 is 36.0 Å². The predicted octanol–water partition coefficient (Wildman–Crippen LogP) is 3.06. The van der Waals surface area contributed by atoms with Crippen LogP contribution in [0.15, 0.2) is 35.3 Å². The zero-order valence-corrected chi connectivity index (χ0v) is 17.7. The number of aliphatic imine (C=N–C) groups is 1. The normalized spacial score (nSPS) is 11.4. The summed E-state index contributed by atoms with van der Waals surface area (Å²) in [5.41, 5.74) is 6.62. The van der Waals surface area contributed by atoms with E-state index in [4.69, 9.17) is 10.5 Å². The zero-order chi connectivity index (χ0) is 17.8. The SMILES string of the molecule is CC(C)(C)OC(=O)NCCCCN=C(N)NCCc1ccccc1.I. The van der Waals surface area contributed by atoms with Crippen LogP contribution in [0.2, 0.25) is 0 Å². The monoisotopic (exact) mass is 462 g/mol. The smallest absolute Gasteiger partial charge is 0.407 e. The molecule has 0 bridgehead atoms. The Kier molecular flexibility index (Phi) is 12.0. The number of benzene rings is 1. The highest BCUT2D eigenvalue weighted by molar-refractivity contribution is 14.0. The Balaban J connectivity index is 0.00000576. The standard InChI is InChI=1S/C18H30N4O2.HI/c1-18(2,3)24-17(23)22-13-8-7-12-20-16(19)21-14-11-15-9-5-4-6-10-15;/h4-6,9-10H,7-8,11-14H2,1-3H3,(H,22,23)(H3,19,20,21);1H. The third-order valence-electron chi connectivity index (χ3n) is 3.10. The number of carbonyl (C=O) groups excluding carboxylic acids is 1. The second kappa shape index (κ2) is 12.8. The Morgan fingerprint density at radius 1 is 1.12 bits per heavy atom. The van der Waals surface area contributed by atoms with Crippen LogP contribution in [-0.4, -0.2) is 37.3 Å². The van der Waals surface area contributed by atoms with Crippen LogP contribution in [0.25, 0.3) is 0 Å². The number of halogens is 1. The zero-order valence-electron chi connectivity index (χ0n) is 15.4. The summed E-state index contributed by atoms with van der Waals surface area (Å²) in [7, 11) is 0. The van der Waals surface area contributed by atoms with E-state index in [1.807, 2.05) is 39.0 Å². The van der Waals surface area contributed by atoms with Gasteiger partial charge >= 0.3 is 6.09 Å². The summed E-state index contributed by atoms with van der Waals surface area (Å²) in [6, 6.07) is 10.2. The van der Waals surface area contributed by atoms with Crippen molar-refractivity contribution in [3.8, 4) is 0 Å². The van der Waals surface area contributed by atoms with Crippen molar-refractivity contribution < 1.29 is 9.53 Å². The summed E-state index contributed by atoms with van der Waals surface area (Å²) in [6.45, 7) is 7.50. The van der Waals surface area contributed by atoms with Gasteiger partial charge in [-0.2, -0.15) is 0 Å². The van der Waals surface area contributed by atoms with Crippen LogP contribution >= 0.6 is 24.0 Å². The van der Waals surface area contributed by atoms with Crippen molar-refractivity contribution in [2.45, 2.75) is 45.6 Å². The Morgan fingerprint density at radius 2 is 1.80 bits per heavy atom. The first-order valence-corrected chi connectivity index (χ1v) is 8.41. The lowest BCUT2D eigenvalue weighted by molar-refractivity contribution is 0.0527. The summed E-state index contributed by atoms with van der Waals surface area (Å²) in [6.07, 6.45) is 2.22. The molecule has 0 fully saturated rings. The highest BCUT2D eigenvalue weighted by Crippen LogP contribution is 2.06. The van der Waals surface area contributed by atoms with E-state index in [2.05, 4.69) is 27.8 Å². The van der Waals surface area contributed by atoms with E-state index in [9.17, 15) is 4.79 Å². The molecule has 0 heterocycles. The molecule has 25 heavy (non-hydrogen) atoms. The molecule has 0 saturated heterocycles. The van der Waals surface area contributed by atoms with Crippen LogP contribution in [0.4, 0.5) is 4.79 Å². The lowest BCUT2D eigenvalue weighted by Crippen LogP contribution is -2.33. The molecular formula is C18H31IN4O2. The van der Waals surface area contributed by atoms with Crippen molar-refractivity contribution in [1.82, 2.24) is 10.6 Å². The van der Waals surface area contributed by atoms with Gasteiger partial charge in [-0.05, 0) is 45.6 Å². The summed E-state index contributed by atoms with van der Waals surface area (Å²) in [4.78, 5) is 15.7. The molecule has 7 heteroatoms. The van der Waals surface area contributed by atoms with Gasteiger partial charge in [0.05, 0.1) is 0 Å². The number of nitrogens with zero attached hydrogens (tertiary/aromatic N) is 1. The van der Waals surface area contributed by atoms with Crippen LogP contribution in [0.3, 0.4) is 0 Å². The number of hydrogen-bond donors (Lipinski definition) is 3. The quantitative estimate of drug-likeness (QED) is 0.240. The van der Waals surface area contributed by atoms with Crippen molar-refractivity contribution in [3.05, 3.63) is 35.9 Å². The van der Waals surface area contributed by atoms with Gasteiger partial charge in [0.25, 0.3) is 0 Å². The number of nitrogens with two attached hydrogens (primary N) is 1. The topological polar surface area (TPSA) is 88.7 Å².